The van der Waals surface area contributed by atoms with E-state index >= 15 is 0 Å². The SMILES string of the molecule is COC(=O)C(CC1C=CC(C=O)=CC1C)NC(=O)OC(C)(C)C. The second-order valence-electron chi connectivity index (χ2n) is 6.62. The molecule has 23 heavy (non-hydrogen) atoms. The minimum Gasteiger partial charge on any atom is -0.467 e. The molecule has 0 aliphatic heterocycles. The molecule has 1 rings (SSSR count). The fourth-order valence-corrected chi connectivity index (χ4v) is 2.34. The van der Waals surface area contributed by atoms with Gasteiger partial charge in [0.15, 0.2) is 0 Å². The van der Waals surface area contributed by atoms with Crippen molar-refractivity contribution < 1.29 is 23.9 Å². The highest BCUT2D eigenvalue weighted by Gasteiger charge is 2.29. The minimum atomic E-state index is -0.807. The van der Waals surface area contributed by atoms with Crippen LogP contribution < -0.4 is 5.32 Å². The molecule has 0 spiro atoms. The van der Waals surface area contributed by atoms with Gasteiger partial charge in [-0.25, -0.2) is 9.59 Å². The molecule has 6 heteroatoms. The molecule has 0 aromatic rings. The first-order valence-electron chi connectivity index (χ1n) is 7.59. The summed E-state index contributed by atoms with van der Waals surface area (Å²) in [4.78, 5) is 34.6. The van der Waals surface area contributed by atoms with Crippen molar-refractivity contribution in [1.29, 1.82) is 0 Å². The lowest BCUT2D eigenvalue weighted by molar-refractivity contribution is -0.143. The molecule has 0 heterocycles. The van der Waals surface area contributed by atoms with E-state index in [1.807, 2.05) is 19.1 Å². The number of methoxy groups -OCH3 is 1. The number of alkyl carbamates (subject to hydrolysis) is 1. The number of hydrogen-bond donors (Lipinski definition) is 1. The van der Waals surface area contributed by atoms with E-state index < -0.39 is 23.7 Å². The third-order valence-corrected chi connectivity index (χ3v) is 3.49. The van der Waals surface area contributed by atoms with Gasteiger partial charge in [0.05, 0.1) is 7.11 Å². The monoisotopic (exact) mass is 323 g/mol. The first-order chi connectivity index (χ1) is 10.7. The summed E-state index contributed by atoms with van der Waals surface area (Å²) in [6.45, 7) is 7.20. The van der Waals surface area contributed by atoms with Crippen LogP contribution in [0.1, 0.15) is 34.1 Å². The molecule has 0 bridgehead atoms. The minimum absolute atomic E-state index is 0.0118. The first kappa shape index (κ1) is 18.9. The Morgan fingerprint density at radius 1 is 1.39 bits per heavy atom. The summed E-state index contributed by atoms with van der Waals surface area (Å²) in [6, 6.07) is -0.807. The van der Waals surface area contributed by atoms with Crippen LogP contribution in [0.15, 0.2) is 23.8 Å². The van der Waals surface area contributed by atoms with E-state index in [0.717, 1.165) is 6.29 Å². The van der Waals surface area contributed by atoms with Gasteiger partial charge in [-0.1, -0.05) is 25.2 Å². The normalized spacial score (nSPS) is 21.9. The van der Waals surface area contributed by atoms with Gasteiger partial charge in [0.2, 0.25) is 0 Å². The fourth-order valence-electron chi connectivity index (χ4n) is 2.34. The van der Waals surface area contributed by atoms with Gasteiger partial charge < -0.3 is 14.8 Å². The number of rotatable bonds is 5. The predicted molar refractivity (Wildman–Crippen MR) is 85.7 cm³/mol. The Morgan fingerprint density at radius 2 is 2.04 bits per heavy atom. The van der Waals surface area contributed by atoms with Crippen molar-refractivity contribution >= 4 is 18.3 Å². The van der Waals surface area contributed by atoms with Crippen molar-refractivity contribution in [2.45, 2.75) is 45.8 Å². The smallest absolute Gasteiger partial charge is 0.408 e. The molecule has 128 valence electrons. The molecular formula is C17H25NO5. The van der Waals surface area contributed by atoms with Gasteiger partial charge in [-0.05, 0) is 39.0 Å². The average Bonchev–Trinajstić information content (AvgIpc) is 2.45. The summed E-state index contributed by atoms with van der Waals surface area (Å²) >= 11 is 0. The molecular weight excluding hydrogens is 298 g/mol. The summed E-state index contributed by atoms with van der Waals surface area (Å²) in [6.07, 6.45) is 5.94. The average molecular weight is 323 g/mol. The lowest BCUT2D eigenvalue weighted by atomic mass is 9.83. The molecule has 3 atom stereocenters. The predicted octanol–water partition coefficient (Wildman–Crippen LogP) is 2.39. The van der Waals surface area contributed by atoms with E-state index in [1.165, 1.54) is 7.11 Å². The molecule has 0 saturated heterocycles. The molecule has 1 N–H and O–H groups in total. The zero-order chi connectivity index (χ0) is 17.6. The molecule has 0 aromatic carbocycles. The Bertz CT molecular complexity index is 516. The fraction of sp³-hybridized carbons (Fsp3) is 0.588. The van der Waals surface area contributed by atoms with E-state index in [0.29, 0.717) is 12.0 Å². The number of nitrogens with one attached hydrogen (secondary N) is 1. The van der Waals surface area contributed by atoms with Crippen molar-refractivity contribution in [1.82, 2.24) is 5.32 Å². The van der Waals surface area contributed by atoms with Crippen molar-refractivity contribution in [3.8, 4) is 0 Å². The number of amides is 1. The molecule has 1 aliphatic carbocycles. The van der Waals surface area contributed by atoms with Gasteiger partial charge in [0.25, 0.3) is 0 Å². The van der Waals surface area contributed by atoms with Crippen molar-refractivity contribution in [3.05, 3.63) is 23.8 Å². The van der Waals surface area contributed by atoms with E-state index in [2.05, 4.69) is 5.32 Å². The van der Waals surface area contributed by atoms with Gasteiger partial charge in [0.1, 0.15) is 17.9 Å². The van der Waals surface area contributed by atoms with Gasteiger partial charge in [-0.2, -0.15) is 0 Å². The summed E-state index contributed by atoms with van der Waals surface area (Å²) in [5.74, 6) is -0.438. The van der Waals surface area contributed by atoms with E-state index in [1.54, 1.807) is 26.8 Å². The molecule has 0 fully saturated rings. The summed E-state index contributed by atoms with van der Waals surface area (Å²) < 4.78 is 9.94. The number of aldehydes is 1. The Hall–Kier alpha value is -2.11. The molecule has 0 radical (unpaired) electrons. The van der Waals surface area contributed by atoms with Crippen LogP contribution >= 0.6 is 0 Å². The summed E-state index contributed by atoms with van der Waals surface area (Å²) in [5, 5.41) is 2.56. The van der Waals surface area contributed by atoms with Gasteiger partial charge in [0, 0.05) is 5.57 Å². The Morgan fingerprint density at radius 3 is 2.52 bits per heavy atom. The standard InChI is InChI=1S/C17H25NO5/c1-11-8-12(10-19)6-7-13(11)9-14(15(20)22-5)18-16(21)23-17(2,3)4/h6-8,10-11,13-14H,9H2,1-5H3,(H,18,21). The highest BCUT2D eigenvalue weighted by atomic mass is 16.6. The van der Waals surface area contributed by atoms with E-state index in [4.69, 9.17) is 9.47 Å². The number of carbonyl (C=O) groups is 3. The maximum Gasteiger partial charge on any atom is 0.408 e. The maximum atomic E-state index is 11.9. The zero-order valence-electron chi connectivity index (χ0n) is 14.3. The Kier molecular flexibility index (Phi) is 6.54. The van der Waals surface area contributed by atoms with Crippen LogP contribution in [-0.2, 0) is 19.1 Å². The largest absolute Gasteiger partial charge is 0.467 e. The van der Waals surface area contributed by atoms with Crippen LogP contribution in [0.4, 0.5) is 4.79 Å². The number of esters is 1. The van der Waals surface area contributed by atoms with Crippen LogP contribution in [0, 0.1) is 11.8 Å². The summed E-state index contributed by atoms with van der Waals surface area (Å²) in [7, 11) is 1.27. The van der Waals surface area contributed by atoms with E-state index in [-0.39, 0.29) is 11.8 Å². The van der Waals surface area contributed by atoms with Gasteiger partial charge in [-0.15, -0.1) is 0 Å². The molecule has 3 unspecified atom stereocenters. The number of allylic oxidation sites excluding steroid dienone is 4. The molecule has 0 aromatic heterocycles. The Labute approximate surface area is 136 Å². The quantitative estimate of drug-likeness (QED) is 0.620. The second kappa shape index (κ2) is 7.94. The van der Waals surface area contributed by atoms with Crippen molar-refractivity contribution in [2.24, 2.45) is 11.8 Å². The lowest BCUT2D eigenvalue weighted by Gasteiger charge is -2.27. The molecule has 6 nitrogen and oxygen atoms in total. The third kappa shape index (κ3) is 6.26. The van der Waals surface area contributed by atoms with Crippen LogP contribution in [0.2, 0.25) is 0 Å². The molecule has 1 amide bonds. The number of hydrogen-bond acceptors (Lipinski definition) is 5. The molecule has 0 saturated carbocycles. The number of ether oxygens (including phenoxy) is 2. The first-order valence-corrected chi connectivity index (χ1v) is 7.59. The van der Waals surface area contributed by atoms with Crippen LogP contribution in [0.25, 0.3) is 0 Å². The third-order valence-electron chi connectivity index (χ3n) is 3.49. The maximum absolute atomic E-state index is 11.9. The van der Waals surface area contributed by atoms with Gasteiger partial charge in [-0.3, -0.25) is 4.79 Å². The topological polar surface area (TPSA) is 81.7 Å². The van der Waals surface area contributed by atoms with Crippen LogP contribution in [-0.4, -0.2) is 37.1 Å². The molecule has 1 aliphatic rings. The van der Waals surface area contributed by atoms with Gasteiger partial charge >= 0.3 is 12.1 Å². The highest BCUT2D eigenvalue weighted by molar-refractivity contribution is 5.81. The summed E-state index contributed by atoms with van der Waals surface area (Å²) in [5.41, 5.74) is -0.0341. The van der Waals surface area contributed by atoms with Crippen LogP contribution in [0.3, 0.4) is 0 Å². The number of carbonyl (C=O) groups excluding carboxylic acids is 3. The van der Waals surface area contributed by atoms with E-state index in [9.17, 15) is 14.4 Å². The lowest BCUT2D eigenvalue weighted by Crippen LogP contribution is -2.45. The van der Waals surface area contributed by atoms with Crippen molar-refractivity contribution in [2.75, 3.05) is 7.11 Å². The van der Waals surface area contributed by atoms with Crippen LogP contribution in [0.5, 0.6) is 0 Å². The van der Waals surface area contributed by atoms with Crippen molar-refractivity contribution in [3.63, 3.8) is 0 Å². The highest BCUT2D eigenvalue weighted by Crippen LogP contribution is 2.26. The zero-order valence-corrected chi connectivity index (χ0v) is 14.3. The Balaban J connectivity index is 2.75. The second-order valence-corrected chi connectivity index (χ2v) is 6.62.